The Hall–Kier alpha value is -2.45. The number of hydrogen-bond acceptors (Lipinski definition) is 5. The lowest BCUT2D eigenvalue weighted by Gasteiger charge is -2.42. The Labute approximate surface area is 202 Å². The standard InChI is InChI=1S/C25H29N3O3S.ClH/c1-31-23-10-12-24(13-11-23)32(29,30)28(20-21-7-3-2-4-8-21)25-9-5-6-18-27(25)19-22-14-16-26-17-15-22;/h2-4,7-8,10-17,25H,5-6,9,18-20H2,1H3;1H. The molecule has 0 N–H and O–H groups in total. The minimum atomic E-state index is -3.73. The van der Waals surface area contributed by atoms with Crippen molar-refractivity contribution < 1.29 is 13.2 Å². The van der Waals surface area contributed by atoms with E-state index in [2.05, 4.69) is 9.88 Å². The molecule has 0 amide bonds. The number of pyridine rings is 1. The zero-order valence-electron chi connectivity index (χ0n) is 18.7. The monoisotopic (exact) mass is 487 g/mol. The number of methoxy groups -OCH3 is 1. The molecule has 1 fully saturated rings. The Bertz CT molecular complexity index is 1100. The van der Waals surface area contributed by atoms with Crippen molar-refractivity contribution >= 4 is 22.4 Å². The Morgan fingerprint density at radius 2 is 1.67 bits per heavy atom. The van der Waals surface area contributed by atoms with Gasteiger partial charge in [-0.25, -0.2) is 8.42 Å². The van der Waals surface area contributed by atoms with Crippen LogP contribution in [0.4, 0.5) is 0 Å². The van der Waals surface area contributed by atoms with Crippen LogP contribution in [0.2, 0.25) is 0 Å². The third-order valence-electron chi connectivity index (χ3n) is 5.89. The minimum absolute atomic E-state index is 0. The summed E-state index contributed by atoms with van der Waals surface area (Å²) in [5.74, 6) is 0.635. The molecular formula is C25H30ClN3O3S. The maximum Gasteiger partial charge on any atom is 0.244 e. The van der Waals surface area contributed by atoms with E-state index in [1.165, 1.54) is 0 Å². The SMILES string of the molecule is COc1ccc(S(=O)(=O)N(Cc2ccccc2)C2CCCCN2Cc2ccncc2)cc1.Cl. The lowest BCUT2D eigenvalue weighted by molar-refractivity contribution is 0.0531. The molecule has 1 aliphatic heterocycles. The molecule has 1 aliphatic rings. The molecule has 0 aliphatic carbocycles. The fourth-order valence-electron chi connectivity index (χ4n) is 4.20. The van der Waals surface area contributed by atoms with E-state index < -0.39 is 10.0 Å². The van der Waals surface area contributed by atoms with Gasteiger partial charge in [0.1, 0.15) is 5.75 Å². The van der Waals surface area contributed by atoms with Crippen LogP contribution in [0.1, 0.15) is 30.4 Å². The smallest absolute Gasteiger partial charge is 0.244 e. The quantitative estimate of drug-likeness (QED) is 0.460. The molecule has 176 valence electrons. The van der Waals surface area contributed by atoms with Crippen LogP contribution < -0.4 is 4.74 Å². The summed E-state index contributed by atoms with van der Waals surface area (Å²) >= 11 is 0. The van der Waals surface area contributed by atoms with E-state index in [1.54, 1.807) is 48.1 Å². The van der Waals surface area contributed by atoms with Crippen molar-refractivity contribution in [1.82, 2.24) is 14.2 Å². The summed E-state index contributed by atoms with van der Waals surface area (Å²) < 4.78 is 34.7. The summed E-state index contributed by atoms with van der Waals surface area (Å²) in [5.41, 5.74) is 2.10. The highest BCUT2D eigenvalue weighted by molar-refractivity contribution is 7.89. The molecule has 1 atom stereocenters. The second-order valence-electron chi connectivity index (χ2n) is 8.01. The van der Waals surface area contributed by atoms with Crippen molar-refractivity contribution in [1.29, 1.82) is 0 Å². The molecule has 0 bridgehead atoms. The second-order valence-corrected chi connectivity index (χ2v) is 9.90. The third-order valence-corrected chi connectivity index (χ3v) is 7.75. The van der Waals surface area contributed by atoms with Gasteiger partial charge >= 0.3 is 0 Å². The second kappa shape index (κ2) is 11.6. The zero-order chi connectivity index (χ0) is 22.4. The van der Waals surface area contributed by atoms with Crippen LogP contribution in [0.3, 0.4) is 0 Å². The molecule has 8 heteroatoms. The first-order chi connectivity index (χ1) is 15.6. The number of hydrogen-bond donors (Lipinski definition) is 0. The van der Waals surface area contributed by atoms with Gasteiger partial charge in [-0.15, -0.1) is 12.4 Å². The van der Waals surface area contributed by atoms with Crippen LogP contribution in [0.25, 0.3) is 0 Å². The number of nitrogens with zero attached hydrogens (tertiary/aromatic N) is 3. The molecular weight excluding hydrogens is 458 g/mol. The zero-order valence-corrected chi connectivity index (χ0v) is 20.3. The van der Waals surface area contributed by atoms with Crippen molar-refractivity contribution in [3.8, 4) is 5.75 Å². The predicted molar refractivity (Wildman–Crippen MR) is 132 cm³/mol. The van der Waals surface area contributed by atoms with E-state index in [1.807, 2.05) is 42.5 Å². The average molecular weight is 488 g/mol. The molecule has 6 nitrogen and oxygen atoms in total. The first kappa shape index (κ1) is 25.2. The van der Waals surface area contributed by atoms with Crippen LogP contribution >= 0.6 is 12.4 Å². The van der Waals surface area contributed by atoms with Gasteiger partial charge in [-0.1, -0.05) is 30.3 Å². The van der Waals surface area contributed by atoms with Crippen LogP contribution in [0.5, 0.6) is 5.75 Å². The molecule has 0 spiro atoms. The van der Waals surface area contributed by atoms with E-state index in [4.69, 9.17) is 4.74 Å². The number of likely N-dealkylation sites (tertiary alicyclic amines) is 1. The molecule has 3 aromatic rings. The first-order valence-electron chi connectivity index (χ1n) is 10.9. The normalized spacial score (nSPS) is 16.8. The number of ether oxygens (including phenoxy) is 1. The Morgan fingerprint density at radius 1 is 0.970 bits per heavy atom. The summed E-state index contributed by atoms with van der Waals surface area (Å²) in [6.07, 6.45) is 6.20. The number of sulfonamides is 1. The van der Waals surface area contributed by atoms with Gasteiger partial charge in [-0.2, -0.15) is 4.31 Å². The number of aromatic nitrogens is 1. The van der Waals surface area contributed by atoms with Crippen molar-refractivity contribution in [2.24, 2.45) is 0 Å². The van der Waals surface area contributed by atoms with Crippen LogP contribution in [0.15, 0.2) is 84.0 Å². The van der Waals surface area contributed by atoms with E-state index in [-0.39, 0.29) is 23.5 Å². The number of benzene rings is 2. The average Bonchev–Trinajstić information content (AvgIpc) is 2.84. The Morgan fingerprint density at radius 3 is 2.33 bits per heavy atom. The highest BCUT2D eigenvalue weighted by Crippen LogP contribution is 2.30. The lowest BCUT2D eigenvalue weighted by atomic mass is 10.1. The van der Waals surface area contributed by atoms with Crippen molar-refractivity contribution in [3.63, 3.8) is 0 Å². The summed E-state index contributed by atoms with van der Waals surface area (Å²) in [4.78, 5) is 6.67. The summed E-state index contributed by atoms with van der Waals surface area (Å²) in [5, 5.41) is 0. The summed E-state index contributed by atoms with van der Waals surface area (Å²) in [6.45, 7) is 1.87. The molecule has 1 saturated heterocycles. The van der Waals surface area contributed by atoms with Crippen molar-refractivity contribution in [2.45, 2.75) is 43.4 Å². The summed E-state index contributed by atoms with van der Waals surface area (Å²) in [6, 6.07) is 20.4. The van der Waals surface area contributed by atoms with Gasteiger partial charge in [0, 0.05) is 32.0 Å². The van der Waals surface area contributed by atoms with Gasteiger partial charge in [-0.3, -0.25) is 9.88 Å². The van der Waals surface area contributed by atoms with E-state index in [0.29, 0.717) is 18.8 Å². The van der Waals surface area contributed by atoms with Crippen LogP contribution in [0, 0.1) is 0 Å². The molecule has 4 rings (SSSR count). The number of piperidine rings is 1. The van der Waals surface area contributed by atoms with Gasteiger partial charge in [0.25, 0.3) is 0 Å². The van der Waals surface area contributed by atoms with Crippen LogP contribution in [-0.2, 0) is 23.1 Å². The predicted octanol–water partition coefficient (Wildman–Crippen LogP) is 4.72. The maximum atomic E-state index is 13.9. The van der Waals surface area contributed by atoms with Gasteiger partial charge in [0.2, 0.25) is 10.0 Å². The highest BCUT2D eigenvalue weighted by atomic mass is 35.5. The van der Waals surface area contributed by atoms with Gasteiger partial charge in [0.05, 0.1) is 18.2 Å². The molecule has 2 heterocycles. The van der Waals surface area contributed by atoms with E-state index >= 15 is 0 Å². The summed E-state index contributed by atoms with van der Waals surface area (Å²) in [7, 11) is -2.15. The van der Waals surface area contributed by atoms with Gasteiger partial charge in [0.15, 0.2) is 0 Å². The molecule has 0 saturated carbocycles. The minimum Gasteiger partial charge on any atom is -0.497 e. The molecule has 2 aromatic carbocycles. The first-order valence-corrected chi connectivity index (χ1v) is 12.3. The fraction of sp³-hybridized carbons (Fsp3) is 0.320. The molecule has 0 radical (unpaired) electrons. The van der Waals surface area contributed by atoms with E-state index in [0.717, 1.165) is 36.9 Å². The highest BCUT2D eigenvalue weighted by Gasteiger charge is 2.36. The maximum absolute atomic E-state index is 13.9. The number of rotatable bonds is 8. The van der Waals surface area contributed by atoms with Crippen molar-refractivity contribution in [3.05, 3.63) is 90.3 Å². The van der Waals surface area contributed by atoms with Crippen LogP contribution in [-0.4, -0.2) is 42.4 Å². The molecule has 1 unspecified atom stereocenters. The van der Waals surface area contributed by atoms with E-state index in [9.17, 15) is 8.42 Å². The third kappa shape index (κ3) is 6.12. The van der Waals surface area contributed by atoms with Crippen molar-refractivity contribution in [2.75, 3.05) is 13.7 Å². The Kier molecular flexibility index (Phi) is 8.86. The largest absolute Gasteiger partial charge is 0.497 e. The van der Waals surface area contributed by atoms with Gasteiger partial charge in [-0.05, 0) is 66.8 Å². The Balaban J connectivity index is 0.00000306. The molecule has 33 heavy (non-hydrogen) atoms. The lowest BCUT2D eigenvalue weighted by Crippen LogP contribution is -2.52. The molecule has 1 aromatic heterocycles. The topological polar surface area (TPSA) is 62.7 Å². The fourth-order valence-corrected chi connectivity index (χ4v) is 5.83. The van der Waals surface area contributed by atoms with Gasteiger partial charge < -0.3 is 4.74 Å². The number of halogens is 1.